The van der Waals surface area contributed by atoms with Crippen LogP contribution in [0.15, 0.2) is 12.3 Å². The summed E-state index contributed by atoms with van der Waals surface area (Å²) in [5.74, 6) is 0.531. The fourth-order valence-corrected chi connectivity index (χ4v) is 1.61. The third kappa shape index (κ3) is 0.878. The Morgan fingerprint density at radius 2 is 2.45 bits per heavy atom. The molecule has 1 aromatic heterocycles. The highest BCUT2D eigenvalue weighted by atomic mass is 15.2. The van der Waals surface area contributed by atoms with Crippen LogP contribution in [0.3, 0.4) is 0 Å². The number of rotatable bonds is 0. The Morgan fingerprint density at radius 1 is 1.64 bits per heavy atom. The molecule has 0 fully saturated rings. The van der Waals surface area contributed by atoms with Gasteiger partial charge in [0.05, 0.1) is 17.6 Å². The van der Waals surface area contributed by atoms with Gasteiger partial charge in [0.1, 0.15) is 0 Å². The SMILES string of the molecule is C[C@@H]1CN(C)c2ccnnc21. The summed E-state index contributed by atoms with van der Waals surface area (Å²) in [6.45, 7) is 3.24. The van der Waals surface area contributed by atoms with E-state index in [4.69, 9.17) is 0 Å². The highest BCUT2D eigenvalue weighted by Crippen LogP contribution is 2.31. The van der Waals surface area contributed by atoms with Gasteiger partial charge in [-0.15, -0.1) is 0 Å². The number of fused-ring (bicyclic) bond motifs is 1. The van der Waals surface area contributed by atoms with Gasteiger partial charge in [0.2, 0.25) is 0 Å². The highest BCUT2D eigenvalue weighted by Gasteiger charge is 2.23. The molecule has 1 atom stereocenters. The van der Waals surface area contributed by atoms with Gasteiger partial charge in [-0.05, 0) is 6.07 Å². The summed E-state index contributed by atoms with van der Waals surface area (Å²) in [6, 6.07) is 2.02. The van der Waals surface area contributed by atoms with Gasteiger partial charge in [-0.2, -0.15) is 10.2 Å². The molecule has 0 aliphatic carbocycles. The van der Waals surface area contributed by atoms with Crippen LogP contribution in [0.25, 0.3) is 0 Å². The number of hydrogen-bond acceptors (Lipinski definition) is 3. The standard InChI is InChI=1S/C8H11N3/c1-6-5-11(2)7-3-4-9-10-8(6)7/h3-4,6H,5H2,1-2H3/t6-/m1/s1. The molecular weight excluding hydrogens is 138 g/mol. The van der Waals surface area contributed by atoms with E-state index in [9.17, 15) is 0 Å². The zero-order valence-electron chi connectivity index (χ0n) is 6.78. The van der Waals surface area contributed by atoms with Gasteiger partial charge >= 0.3 is 0 Å². The second-order valence-electron chi connectivity index (χ2n) is 3.08. The molecule has 1 aliphatic rings. The zero-order valence-corrected chi connectivity index (χ0v) is 6.78. The van der Waals surface area contributed by atoms with E-state index in [-0.39, 0.29) is 0 Å². The van der Waals surface area contributed by atoms with Crippen LogP contribution in [0.5, 0.6) is 0 Å². The van der Waals surface area contributed by atoms with Gasteiger partial charge in [0.15, 0.2) is 0 Å². The Labute approximate surface area is 66.1 Å². The van der Waals surface area contributed by atoms with Gasteiger partial charge in [-0.3, -0.25) is 0 Å². The number of anilines is 1. The number of aromatic nitrogens is 2. The van der Waals surface area contributed by atoms with Crippen LogP contribution in [0, 0.1) is 0 Å². The van der Waals surface area contributed by atoms with Gasteiger partial charge in [-0.25, -0.2) is 0 Å². The van der Waals surface area contributed by atoms with Crippen LogP contribution in [0.2, 0.25) is 0 Å². The first-order valence-corrected chi connectivity index (χ1v) is 3.82. The van der Waals surface area contributed by atoms with Gasteiger partial charge in [0.25, 0.3) is 0 Å². The summed E-state index contributed by atoms with van der Waals surface area (Å²) >= 11 is 0. The van der Waals surface area contributed by atoms with Crippen molar-refractivity contribution in [3.05, 3.63) is 18.0 Å². The van der Waals surface area contributed by atoms with Crippen molar-refractivity contribution in [3.8, 4) is 0 Å². The normalized spacial score (nSPS) is 22.0. The van der Waals surface area contributed by atoms with Crippen LogP contribution in [-0.4, -0.2) is 23.8 Å². The zero-order chi connectivity index (χ0) is 7.84. The number of likely N-dealkylation sites (N-methyl/N-ethyl adjacent to an activating group) is 1. The van der Waals surface area contributed by atoms with Crippen LogP contribution in [0.1, 0.15) is 18.5 Å². The quantitative estimate of drug-likeness (QED) is 0.551. The maximum atomic E-state index is 4.10. The molecule has 0 amide bonds. The molecule has 2 heterocycles. The molecule has 0 saturated carbocycles. The van der Waals surface area contributed by atoms with E-state index in [1.807, 2.05) is 6.07 Å². The molecule has 3 heteroatoms. The highest BCUT2D eigenvalue weighted by molar-refractivity contribution is 5.55. The predicted octanol–water partition coefficient (Wildman–Crippen LogP) is 1.03. The minimum Gasteiger partial charge on any atom is -0.372 e. The molecule has 0 radical (unpaired) electrons. The van der Waals surface area contributed by atoms with Gasteiger partial charge in [0, 0.05) is 19.5 Å². The second kappa shape index (κ2) is 2.19. The molecule has 58 valence electrons. The van der Waals surface area contributed by atoms with Crippen LogP contribution >= 0.6 is 0 Å². The van der Waals surface area contributed by atoms with E-state index in [0.717, 1.165) is 12.2 Å². The molecule has 0 bridgehead atoms. The summed E-state index contributed by atoms with van der Waals surface area (Å²) in [5, 5.41) is 7.96. The van der Waals surface area contributed by atoms with Crippen molar-refractivity contribution in [1.29, 1.82) is 0 Å². The van der Waals surface area contributed by atoms with Crippen molar-refractivity contribution in [1.82, 2.24) is 10.2 Å². The Kier molecular flexibility index (Phi) is 1.31. The Morgan fingerprint density at radius 3 is 3.18 bits per heavy atom. The predicted molar refractivity (Wildman–Crippen MR) is 43.7 cm³/mol. The second-order valence-corrected chi connectivity index (χ2v) is 3.08. The minimum absolute atomic E-state index is 0.531. The van der Waals surface area contributed by atoms with Crippen molar-refractivity contribution < 1.29 is 0 Å². The molecule has 11 heavy (non-hydrogen) atoms. The third-order valence-corrected chi connectivity index (χ3v) is 2.15. The van der Waals surface area contributed by atoms with Crippen molar-refractivity contribution in [3.63, 3.8) is 0 Å². The molecule has 0 unspecified atom stereocenters. The molecule has 1 aromatic rings. The third-order valence-electron chi connectivity index (χ3n) is 2.15. The Balaban J connectivity index is 2.52. The molecule has 2 rings (SSSR count). The fourth-order valence-electron chi connectivity index (χ4n) is 1.61. The van der Waals surface area contributed by atoms with E-state index in [2.05, 4.69) is 29.1 Å². The fraction of sp³-hybridized carbons (Fsp3) is 0.500. The lowest BCUT2D eigenvalue weighted by atomic mass is 10.1. The van der Waals surface area contributed by atoms with Gasteiger partial charge in [-0.1, -0.05) is 6.92 Å². The van der Waals surface area contributed by atoms with E-state index in [1.165, 1.54) is 5.69 Å². The maximum Gasteiger partial charge on any atom is 0.0909 e. The van der Waals surface area contributed by atoms with Gasteiger partial charge < -0.3 is 4.90 Å². The first-order chi connectivity index (χ1) is 5.29. The number of nitrogens with zero attached hydrogens (tertiary/aromatic N) is 3. The molecular formula is C8H11N3. The molecule has 0 saturated heterocycles. The average molecular weight is 149 g/mol. The Hall–Kier alpha value is -1.12. The maximum absolute atomic E-state index is 4.10. The van der Waals surface area contributed by atoms with Crippen LogP contribution < -0.4 is 4.90 Å². The summed E-state index contributed by atoms with van der Waals surface area (Å²) in [6.07, 6.45) is 1.74. The first-order valence-electron chi connectivity index (χ1n) is 3.82. The first kappa shape index (κ1) is 6.58. The molecule has 0 N–H and O–H groups in total. The summed E-state index contributed by atoms with van der Waals surface area (Å²) < 4.78 is 0. The van der Waals surface area contributed by atoms with Crippen molar-refractivity contribution in [2.45, 2.75) is 12.8 Å². The van der Waals surface area contributed by atoms with Crippen LogP contribution in [0.4, 0.5) is 5.69 Å². The minimum atomic E-state index is 0.531. The Bertz CT molecular complexity index is 245. The summed E-state index contributed by atoms with van der Waals surface area (Å²) in [4.78, 5) is 2.22. The lowest BCUT2D eigenvalue weighted by Crippen LogP contribution is -2.13. The van der Waals surface area contributed by atoms with Crippen molar-refractivity contribution in [2.75, 3.05) is 18.5 Å². The van der Waals surface area contributed by atoms with Crippen LogP contribution in [-0.2, 0) is 0 Å². The van der Waals surface area contributed by atoms with E-state index >= 15 is 0 Å². The van der Waals surface area contributed by atoms with E-state index < -0.39 is 0 Å². The van der Waals surface area contributed by atoms with Crippen molar-refractivity contribution >= 4 is 5.69 Å². The molecule has 0 aromatic carbocycles. The lowest BCUT2D eigenvalue weighted by molar-refractivity contribution is 0.762. The molecule has 3 nitrogen and oxygen atoms in total. The summed E-state index contributed by atoms with van der Waals surface area (Å²) in [5.41, 5.74) is 2.36. The topological polar surface area (TPSA) is 29.0 Å². The smallest absolute Gasteiger partial charge is 0.0909 e. The summed E-state index contributed by atoms with van der Waals surface area (Å²) in [7, 11) is 2.09. The van der Waals surface area contributed by atoms with E-state index in [0.29, 0.717) is 5.92 Å². The average Bonchev–Trinajstić information content (AvgIpc) is 2.30. The molecule has 1 aliphatic heterocycles. The molecule has 0 spiro atoms. The number of hydrogen-bond donors (Lipinski definition) is 0. The lowest BCUT2D eigenvalue weighted by Gasteiger charge is -2.09. The largest absolute Gasteiger partial charge is 0.372 e. The monoisotopic (exact) mass is 149 g/mol. The van der Waals surface area contributed by atoms with Crippen molar-refractivity contribution in [2.24, 2.45) is 0 Å². The van der Waals surface area contributed by atoms with E-state index in [1.54, 1.807) is 6.20 Å².